The van der Waals surface area contributed by atoms with Crippen molar-refractivity contribution < 1.29 is 9.53 Å². The van der Waals surface area contributed by atoms with Crippen LogP contribution in [0.4, 0.5) is 15.6 Å². The number of nitrogens with zero attached hydrogens (tertiary/aromatic N) is 3. The third-order valence-corrected chi connectivity index (χ3v) is 8.36. The lowest BCUT2D eigenvalue weighted by Gasteiger charge is -2.36. The van der Waals surface area contributed by atoms with E-state index in [1.165, 1.54) is 32.7 Å². The summed E-state index contributed by atoms with van der Waals surface area (Å²) in [6.07, 6.45) is 3.66. The second-order valence-corrected chi connectivity index (χ2v) is 11.0. The van der Waals surface area contributed by atoms with Crippen molar-refractivity contribution in [1.82, 2.24) is 9.88 Å². The molecule has 8 heteroatoms. The van der Waals surface area contributed by atoms with Gasteiger partial charge < -0.3 is 9.64 Å². The van der Waals surface area contributed by atoms with Gasteiger partial charge in [-0.25, -0.2) is 9.78 Å². The molecule has 0 aliphatic carbocycles. The van der Waals surface area contributed by atoms with Crippen molar-refractivity contribution in [3.63, 3.8) is 0 Å². The molecular weight excluding hydrogens is 476 g/mol. The number of amides is 1. The number of thiazole rings is 1. The first-order valence-corrected chi connectivity index (χ1v) is 14.2. The van der Waals surface area contributed by atoms with Crippen molar-refractivity contribution in [1.29, 1.82) is 0 Å². The third kappa shape index (κ3) is 5.94. The molecule has 1 amide bonds. The average Bonchev–Trinajstić information content (AvgIpc) is 3.52. The van der Waals surface area contributed by atoms with Gasteiger partial charge in [0.25, 0.3) is 0 Å². The Hall–Kier alpha value is -2.68. The first kappa shape index (κ1) is 24.0. The lowest BCUT2D eigenvalue weighted by atomic mass is 10.1. The Morgan fingerprint density at radius 2 is 1.97 bits per heavy atom. The number of ether oxygens (including phenoxy) is 1. The van der Waals surface area contributed by atoms with Crippen LogP contribution in [0.5, 0.6) is 0 Å². The van der Waals surface area contributed by atoms with Crippen molar-refractivity contribution in [2.24, 2.45) is 0 Å². The summed E-state index contributed by atoms with van der Waals surface area (Å²) >= 11 is 3.32. The molecule has 0 spiro atoms. The number of hydrogen-bond acceptors (Lipinski definition) is 7. The number of nitrogens with one attached hydrogen (secondary N) is 1. The number of anilines is 2. The number of unbranched alkanes of at least 4 members (excludes halogenated alkanes) is 2. The standard InChI is InChI=1S/C27H32N4O2S2/c1-2-3-4-17-33-27(32)29-26-28-22-9-8-20(19-25(22)35-26)10-12-30-13-15-31(16-14-30)23-6-5-7-24-21(23)11-18-34-24/h5-9,11,18-19H,2-4,10,12-17H2,1H3,(H,28,29,32). The van der Waals surface area contributed by atoms with E-state index in [1.807, 2.05) is 11.3 Å². The van der Waals surface area contributed by atoms with E-state index in [4.69, 9.17) is 4.74 Å². The van der Waals surface area contributed by atoms with E-state index in [0.717, 1.165) is 68.6 Å². The zero-order valence-corrected chi connectivity index (χ0v) is 21.8. The molecule has 35 heavy (non-hydrogen) atoms. The smallest absolute Gasteiger partial charge is 0.413 e. The van der Waals surface area contributed by atoms with Crippen molar-refractivity contribution in [3.8, 4) is 0 Å². The van der Waals surface area contributed by atoms with Gasteiger partial charge in [0.2, 0.25) is 0 Å². The van der Waals surface area contributed by atoms with Crippen LogP contribution >= 0.6 is 22.7 Å². The summed E-state index contributed by atoms with van der Waals surface area (Å²) in [6, 6.07) is 15.3. The maximum absolute atomic E-state index is 12.0. The molecule has 184 valence electrons. The minimum atomic E-state index is -0.422. The number of aromatic nitrogens is 1. The van der Waals surface area contributed by atoms with E-state index in [0.29, 0.717) is 11.7 Å². The minimum Gasteiger partial charge on any atom is -0.449 e. The van der Waals surface area contributed by atoms with E-state index in [9.17, 15) is 4.79 Å². The zero-order valence-electron chi connectivity index (χ0n) is 20.2. The summed E-state index contributed by atoms with van der Waals surface area (Å²) in [6.45, 7) is 7.92. The summed E-state index contributed by atoms with van der Waals surface area (Å²) in [4.78, 5) is 21.6. The Morgan fingerprint density at radius 1 is 1.09 bits per heavy atom. The highest BCUT2D eigenvalue weighted by Crippen LogP contribution is 2.31. The first-order valence-electron chi connectivity index (χ1n) is 12.5. The molecule has 1 aliphatic heterocycles. The quantitative estimate of drug-likeness (QED) is 0.258. The van der Waals surface area contributed by atoms with Gasteiger partial charge in [-0.2, -0.15) is 0 Å². The number of carbonyl (C=O) groups is 1. The number of fused-ring (bicyclic) bond motifs is 2. The second kappa shape index (κ2) is 11.4. The molecule has 5 rings (SSSR count). The highest BCUT2D eigenvalue weighted by molar-refractivity contribution is 7.22. The van der Waals surface area contributed by atoms with Crippen LogP contribution in [-0.4, -0.2) is 55.3 Å². The third-order valence-electron chi connectivity index (χ3n) is 6.55. The van der Waals surface area contributed by atoms with Gasteiger partial charge in [0, 0.05) is 48.5 Å². The van der Waals surface area contributed by atoms with Gasteiger partial charge in [0.15, 0.2) is 5.13 Å². The molecule has 1 aliphatic rings. The highest BCUT2D eigenvalue weighted by Gasteiger charge is 2.19. The van der Waals surface area contributed by atoms with Crippen LogP contribution < -0.4 is 10.2 Å². The first-order chi connectivity index (χ1) is 17.2. The summed E-state index contributed by atoms with van der Waals surface area (Å²) in [7, 11) is 0. The SMILES string of the molecule is CCCCCOC(=O)Nc1nc2ccc(CCN3CCN(c4cccc5sccc45)CC3)cc2s1. The highest BCUT2D eigenvalue weighted by atomic mass is 32.1. The van der Waals surface area contributed by atoms with Crippen LogP contribution in [0, 0.1) is 0 Å². The largest absolute Gasteiger partial charge is 0.449 e. The Balaban J connectivity index is 1.11. The molecule has 2 aromatic heterocycles. The molecule has 0 radical (unpaired) electrons. The van der Waals surface area contributed by atoms with Crippen molar-refractivity contribution >= 4 is 59.9 Å². The maximum atomic E-state index is 12.0. The molecule has 3 heterocycles. The fourth-order valence-electron chi connectivity index (χ4n) is 4.57. The van der Waals surface area contributed by atoms with Gasteiger partial charge in [0.05, 0.1) is 16.8 Å². The average molecular weight is 509 g/mol. The summed E-state index contributed by atoms with van der Waals surface area (Å²) in [5.41, 5.74) is 3.59. The van der Waals surface area contributed by atoms with Crippen LogP contribution in [0.25, 0.3) is 20.3 Å². The predicted molar refractivity (Wildman–Crippen MR) is 148 cm³/mol. The van der Waals surface area contributed by atoms with Crippen LogP contribution in [0.1, 0.15) is 31.7 Å². The number of piperazine rings is 1. The van der Waals surface area contributed by atoms with Gasteiger partial charge in [-0.3, -0.25) is 10.2 Å². The molecule has 0 saturated carbocycles. The fraction of sp³-hybridized carbons (Fsp3) is 0.407. The van der Waals surface area contributed by atoms with E-state index in [1.54, 1.807) is 0 Å². The second-order valence-electron chi connectivity index (χ2n) is 8.98. The van der Waals surface area contributed by atoms with Crippen molar-refractivity contribution in [2.75, 3.05) is 49.5 Å². The Labute approximate surface area is 214 Å². The molecule has 0 unspecified atom stereocenters. The molecule has 2 aromatic carbocycles. The minimum absolute atomic E-state index is 0.422. The van der Waals surface area contributed by atoms with Gasteiger partial charge in [-0.15, -0.1) is 11.3 Å². The van der Waals surface area contributed by atoms with Gasteiger partial charge in [-0.05, 0) is 54.1 Å². The summed E-state index contributed by atoms with van der Waals surface area (Å²) < 4.78 is 7.70. The Morgan fingerprint density at radius 3 is 2.83 bits per heavy atom. The normalized spacial score (nSPS) is 14.6. The van der Waals surface area contributed by atoms with E-state index < -0.39 is 6.09 Å². The number of benzene rings is 2. The summed E-state index contributed by atoms with van der Waals surface area (Å²) in [5.74, 6) is 0. The molecule has 4 aromatic rings. The predicted octanol–water partition coefficient (Wildman–Crippen LogP) is 6.61. The fourth-order valence-corrected chi connectivity index (χ4v) is 6.29. The molecule has 1 fully saturated rings. The summed E-state index contributed by atoms with van der Waals surface area (Å²) in [5, 5.41) is 6.93. The number of carbonyl (C=O) groups excluding carboxylic acids is 1. The number of rotatable bonds is 9. The lowest BCUT2D eigenvalue weighted by molar-refractivity contribution is 0.159. The molecule has 6 nitrogen and oxygen atoms in total. The van der Waals surface area contributed by atoms with Crippen molar-refractivity contribution in [3.05, 3.63) is 53.4 Å². The number of thiophene rings is 1. The van der Waals surface area contributed by atoms with Crippen LogP contribution in [-0.2, 0) is 11.2 Å². The topological polar surface area (TPSA) is 57.7 Å². The monoisotopic (exact) mass is 508 g/mol. The maximum Gasteiger partial charge on any atom is 0.413 e. The van der Waals surface area contributed by atoms with Gasteiger partial charge in [0.1, 0.15) is 0 Å². The van der Waals surface area contributed by atoms with E-state index in [2.05, 4.69) is 74.9 Å². The number of hydrogen-bond donors (Lipinski definition) is 1. The zero-order chi connectivity index (χ0) is 24.0. The Kier molecular flexibility index (Phi) is 7.81. The van der Waals surface area contributed by atoms with Crippen LogP contribution in [0.3, 0.4) is 0 Å². The van der Waals surface area contributed by atoms with Gasteiger partial charge in [-0.1, -0.05) is 43.2 Å². The van der Waals surface area contributed by atoms with Crippen LogP contribution in [0.15, 0.2) is 47.8 Å². The van der Waals surface area contributed by atoms with E-state index in [-0.39, 0.29) is 0 Å². The van der Waals surface area contributed by atoms with Gasteiger partial charge >= 0.3 is 6.09 Å². The van der Waals surface area contributed by atoms with Crippen molar-refractivity contribution in [2.45, 2.75) is 32.6 Å². The molecule has 1 saturated heterocycles. The Bertz CT molecular complexity index is 1280. The molecule has 1 N–H and O–H groups in total. The lowest BCUT2D eigenvalue weighted by Crippen LogP contribution is -2.47. The van der Waals surface area contributed by atoms with Crippen LogP contribution in [0.2, 0.25) is 0 Å². The van der Waals surface area contributed by atoms with E-state index >= 15 is 0 Å². The molecule has 0 bridgehead atoms. The molecular formula is C27H32N4O2S2. The molecule has 0 atom stereocenters.